The second-order valence-corrected chi connectivity index (χ2v) is 4.84. The summed E-state index contributed by atoms with van der Waals surface area (Å²) in [5, 5.41) is 0. The Balaban J connectivity index is 2.05. The Bertz CT molecular complexity index is 356. The number of piperidine rings is 1. The lowest BCUT2D eigenvalue weighted by Crippen LogP contribution is -2.29. The lowest BCUT2D eigenvalue weighted by Gasteiger charge is -2.26. The average Bonchev–Trinajstić information content (AvgIpc) is 2.40. The van der Waals surface area contributed by atoms with Crippen LogP contribution in [-0.2, 0) is 13.0 Å². The van der Waals surface area contributed by atoms with E-state index in [1.54, 1.807) is 7.11 Å². The van der Waals surface area contributed by atoms with Crippen molar-refractivity contribution in [3.8, 4) is 5.75 Å². The van der Waals surface area contributed by atoms with Crippen molar-refractivity contribution in [1.29, 1.82) is 0 Å². The molecule has 0 spiro atoms. The van der Waals surface area contributed by atoms with Gasteiger partial charge < -0.3 is 4.74 Å². The predicted molar refractivity (Wildman–Crippen MR) is 71.5 cm³/mol. The summed E-state index contributed by atoms with van der Waals surface area (Å²) < 4.78 is 5.45. The maximum atomic E-state index is 5.45. The van der Waals surface area contributed by atoms with Crippen molar-refractivity contribution in [2.45, 2.75) is 39.2 Å². The minimum absolute atomic E-state index is 1.03. The quantitative estimate of drug-likeness (QED) is 0.791. The fraction of sp³-hybridized carbons (Fsp3) is 0.600. The van der Waals surface area contributed by atoms with Crippen molar-refractivity contribution >= 4 is 0 Å². The predicted octanol–water partition coefficient (Wildman–Crippen LogP) is 3.24. The van der Waals surface area contributed by atoms with Crippen LogP contribution in [-0.4, -0.2) is 25.1 Å². The highest BCUT2D eigenvalue weighted by Gasteiger charge is 2.11. The van der Waals surface area contributed by atoms with Crippen LogP contribution < -0.4 is 4.74 Å². The molecule has 0 bridgehead atoms. The first-order valence-corrected chi connectivity index (χ1v) is 6.71. The van der Waals surface area contributed by atoms with Gasteiger partial charge >= 0.3 is 0 Å². The zero-order valence-electron chi connectivity index (χ0n) is 11.0. The molecule has 0 aromatic heterocycles. The van der Waals surface area contributed by atoms with Crippen LogP contribution in [0, 0.1) is 0 Å². The maximum absolute atomic E-state index is 5.45. The van der Waals surface area contributed by atoms with Gasteiger partial charge in [-0.3, -0.25) is 4.90 Å². The number of hydrogen-bond donors (Lipinski definition) is 0. The van der Waals surface area contributed by atoms with Crippen molar-refractivity contribution in [3.05, 3.63) is 29.3 Å². The highest BCUT2D eigenvalue weighted by molar-refractivity contribution is 5.37. The molecule has 2 nitrogen and oxygen atoms in total. The van der Waals surface area contributed by atoms with Crippen LogP contribution in [0.3, 0.4) is 0 Å². The third-order valence-electron chi connectivity index (χ3n) is 3.59. The van der Waals surface area contributed by atoms with Crippen molar-refractivity contribution in [3.63, 3.8) is 0 Å². The van der Waals surface area contributed by atoms with Gasteiger partial charge in [-0.05, 0) is 49.5 Å². The Labute approximate surface area is 105 Å². The van der Waals surface area contributed by atoms with Crippen LogP contribution >= 0.6 is 0 Å². The summed E-state index contributed by atoms with van der Waals surface area (Å²) in [4.78, 5) is 2.55. The third-order valence-corrected chi connectivity index (χ3v) is 3.59. The fourth-order valence-electron chi connectivity index (χ4n) is 2.56. The standard InChI is InChI=1S/C15H23NO/c1-3-14-8-7-13(11-15(14)17-2)12-16-9-5-4-6-10-16/h7-8,11H,3-6,9-10,12H2,1-2H3. The summed E-state index contributed by atoms with van der Waals surface area (Å²) >= 11 is 0. The van der Waals surface area contributed by atoms with Gasteiger partial charge in [0.05, 0.1) is 7.11 Å². The number of methoxy groups -OCH3 is 1. The van der Waals surface area contributed by atoms with E-state index in [-0.39, 0.29) is 0 Å². The molecule has 0 N–H and O–H groups in total. The van der Waals surface area contributed by atoms with E-state index in [0.29, 0.717) is 0 Å². The Morgan fingerprint density at radius 2 is 1.94 bits per heavy atom. The molecule has 0 amide bonds. The maximum Gasteiger partial charge on any atom is 0.122 e. The number of hydrogen-bond acceptors (Lipinski definition) is 2. The number of likely N-dealkylation sites (tertiary alicyclic amines) is 1. The molecule has 1 aliphatic rings. The van der Waals surface area contributed by atoms with Gasteiger partial charge in [-0.15, -0.1) is 0 Å². The van der Waals surface area contributed by atoms with Crippen LogP contribution in [0.1, 0.15) is 37.3 Å². The summed E-state index contributed by atoms with van der Waals surface area (Å²) in [6.45, 7) is 5.73. The van der Waals surface area contributed by atoms with Crippen molar-refractivity contribution in [2.75, 3.05) is 20.2 Å². The molecule has 1 fully saturated rings. The molecule has 0 aliphatic carbocycles. The third kappa shape index (κ3) is 3.22. The zero-order chi connectivity index (χ0) is 12.1. The largest absolute Gasteiger partial charge is 0.496 e. The summed E-state index contributed by atoms with van der Waals surface area (Å²) in [5.41, 5.74) is 2.68. The van der Waals surface area contributed by atoms with Crippen LogP contribution in [0.4, 0.5) is 0 Å². The molecule has 0 atom stereocenters. The van der Waals surface area contributed by atoms with Crippen LogP contribution in [0.15, 0.2) is 18.2 Å². The molecule has 94 valence electrons. The summed E-state index contributed by atoms with van der Waals surface area (Å²) in [5.74, 6) is 1.04. The summed E-state index contributed by atoms with van der Waals surface area (Å²) in [6.07, 6.45) is 5.14. The van der Waals surface area contributed by atoms with E-state index in [2.05, 4.69) is 30.0 Å². The number of aryl methyl sites for hydroxylation is 1. The monoisotopic (exact) mass is 233 g/mol. The minimum atomic E-state index is 1.03. The fourth-order valence-corrected chi connectivity index (χ4v) is 2.56. The van der Waals surface area contributed by atoms with Gasteiger partial charge in [-0.25, -0.2) is 0 Å². The van der Waals surface area contributed by atoms with E-state index in [0.717, 1.165) is 18.7 Å². The SMILES string of the molecule is CCc1ccc(CN2CCCCC2)cc1OC. The number of ether oxygens (including phenoxy) is 1. The molecule has 2 rings (SSSR count). The second-order valence-electron chi connectivity index (χ2n) is 4.84. The highest BCUT2D eigenvalue weighted by Crippen LogP contribution is 2.22. The smallest absolute Gasteiger partial charge is 0.122 e. The van der Waals surface area contributed by atoms with Crippen molar-refractivity contribution < 1.29 is 4.74 Å². The van der Waals surface area contributed by atoms with E-state index in [1.807, 2.05) is 0 Å². The van der Waals surface area contributed by atoms with Crippen molar-refractivity contribution in [2.24, 2.45) is 0 Å². The molecule has 1 aliphatic heterocycles. The van der Waals surface area contributed by atoms with E-state index in [1.165, 1.54) is 43.5 Å². The molecule has 1 heterocycles. The van der Waals surface area contributed by atoms with E-state index >= 15 is 0 Å². The number of benzene rings is 1. The van der Waals surface area contributed by atoms with Crippen LogP contribution in [0.5, 0.6) is 5.75 Å². The lowest BCUT2D eigenvalue weighted by atomic mass is 10.1. The molecule has 17 heavy (non-hydrogen) atoms. The first kappa shape index (κ1) is 12.4. The first-order valence-electron chi connectivity index (χ1n) is 6.71. The lowest BCUT2D eigenvalue weighted by molar-refractivity contribution is 0.220. The van der Waals surface area contributed by atoms with E-state index < -0.39 is 0 Å². The number of rotatable bonds is 4. The molecular weight excluding hydrogens is 210 g/mol. The van der Waals surface area contributed by atoms with Gasteiger partial charge in [0.1, 0.15) is 5.75 Å². The highest BCUT2D eigenvalue weighted by atomic mass is 16.5. The van der Waals surface area contributed by atoms with Gasteiger partial charge in [0.15, 0.2) is 0 Å². The Hall–Kier alpha value is -1.02. The molecule has 1 aromatic carbocycles. The van der Waals surface area contributed by atoms with Gasteiger partial charge in [-0.1, -0.05) is 25.5 Å². The summed E-state index contributed by atoms with van der Waals surface area (Å²) in [7, 11) is 1.76. The molecule has 0 saturated carbocycles. The molecular formula is C15H23NO. The van der Waals surface area contributed by atoms with Crippen LogP contribution in [0.25, 0.3) is 0 Å². The van der Waals surface area contributed by atoms with Crippen LogP contribution in [0.2, 0.25) is 0 Å². The van der Waals surface area contributed by atoms with E-state index in [9.17, 15) is 0 Å². The molecule has 0 radical (unpaired) electrons. The zero-order valence-corrected chi connectivity index (χ0v) is 11.0. The minimum Gasteiger partial charge on any atom is -0.496 e. The molecule has 0 unspecified atom stereocenters. The van der Waals surface area contributed by atoms with Gasteiger partial charge in [-0.2, -0.15) is 0 Å². The van der Waals surface area contributed by atoms with Gasteiger partial charge in [0.2, 0.25) is 0 Å². The normalized spacial score (nSPS) is 17.1. The first-order chi connectivity index (χ1) is 8.33. The average molecular weight is 233 g/mol. The number of nitrogens with zero attached hydrogens (tertiary/aromatic N) is 1. The van der Waals surface area contributed by atoms with Gasteiger partial charge in [0.25, 0.3) is 0 Å². The Morgan fingerprint density at radius 1 is 1.18 bits per heavy atom. The topological polar surface area (TPSA) is 12.5 Å². The second kappa shape index (κ2) is 6.06. The summed E-state index contributed by atoms with van der Waals surface area (Å²) in [6, 6.07) is 6.65. The Kier molecular flexibility index (Phi) is 4.43. The molecule has 1 aromatic rings. The molecule has 1 saturated heterocycles. The van der Waals surface area contributed by atoms with Gasteiger partial charge in [0, 0.05) is 6.54 Å². The molecule has 2 heteroatoms. The van der Waals surface area contributed by atoms with E-state index in [4.69, 9.17) is 4.74 Å². The Morgan fingerprint density at radius 3 is 2.59 bits per heavy atom. The van der Waals surface area contributed by atoms with Crippen molar-refractivity contribution in [1.82, 2.24) is 4.90 Å².